The largest absolute Gasteiger partial charge is 0.314 e. The van der Waals surface area contributed by atoms with Gasteiger partial charge in [-0.15, -0.1) is 0 Å². The molecule has 0 spiro atoms. The van der Waals surface area contributed by atoms with Crippen molar-refractivity contribution >= 4 is 10.0 Å². The van der Waals surface area contributed by atoms with Crippen molar-refractivity contribution in [2.75, 3.05) is 25.4 Å². The zero-order valence-corrected chi connectivity index (χ0v) is 12.9. The van der Waals surface area contributed by atoms with E-state index in [0.717, 1.165) is 32.2 Å². The Morgan fingerprint density at radius 3 is 2.26 bits per heavy atom. The van der Waals surface area contributed by atoms with Crippen LogP contribution in [0.1, 0.15) is 51.9 Å². The van der Waals surface area contributed by atoms with Crippen molar-refractivity contribution < 1.29 is 8.42 Å². The van der Waals surface area contributed by atoms with Gasteiger partial charge in [-0.2, -0.15) is 0 Å². The van der Waals surface area contributed by atoms with E-state index in [1.54, 1.807) is 4.31 Å². The Labute approximate surface area is 118 Å². The first-order chi connectivity index (χ1) is 9.12. The fraction of sp³-hybridized carbons (Fsp3) is 1.00. The van der Waals surface area contributed by atoms with E-state index in [4.69, 9.17) is 0 Å². The van der Waals surface area contributed by atoms with Gasteiger partial charge in [-0.25, -0.2) is 12.7 Å². The lowest BCUT2D eigenvalue weighted by molar-refractivity contribution is 0.288. The summed E-state index contributed by atoms with van der Waals surface area (Å²) in [6.07, 6.45) is 7.83. The molecule has 0 aromatic rings. The van der Waals surface area contributed by atoms with E-state index >= 15 is 0 Å². The molecule has 19 heavy (non-hydrogen) atoms. The minimum absolute atomic E-state index is 0.388. The molecule has 1 aliphatic heterocycles. The third-order valence-corrected chi connectivity index (χ3v) is 6.56. The quantitative estimate of drug-likeness (QED) is 0.841. The predicted octanol–water partition coefficient (Wildman–Crippen LogP) is 1.97. The summed E-state index contributed by atoms with van der Waals surface area (Å²) in [6, 6.07) is 0.506. The number of hydrogen-bond donors (Lipinski definition) is 1. The second-order valence-corrected chi connectivity index (χ2v) is 8.03. The Kier molecular flexibility index (Phi) is 5.66. The first kappa shape index (κ1) is 15.3. The lowest BCUT2D eigenvalue weighted by Gasteiger charge is -2.33. The topological polar surface area (TPSA) is 49.4 Å². The van der Waals surface area contributed by atoms with Gasteiger partial charge in [0.15, 0.2) is 0 Å². The molecule has 1 saturated heterocycles. The van der Waals surface area contributed by atoms with E-state index in [1.165, 1.54) is 19.3 Å². The molecule has 0 aromatic heterocycles. The van der Waals surface area contributed by atoms with Gasteiger partial charge in [-0.1, -0.05) is 26.2 Å². The van der Waals surface area contributed by atoms with E-state index in [-0.39, 0.29) is 0 Å². The number of rotatable bonds is 5. The van der Waals surface area contributed by atoms with Gasteiger partial charge in [0.2, 0.25) is 10.0 Å². The average molecular weight is 288 g/mol. The smallest absolute Gasteiger partial charge is 0.214 e. The van der Waals surface area contributed by atoms with Crippen LogP contribution in [0.15, 0.2) is 0 Å². The summed E-state index contributed by atoms with van der Waals surface area (Å²) in [6.45, 7) is 4.48. The Balaban J connectivity index is 1.83. The Morgan fingerprint density at radius 1 is 1.05 bits per heavy atom. The Bertz CT molecular complexity index is 356. The molecule has 1 saturated carbocycles. The standard InChI is InChI=1S/C14H28N2O2S/c1-2-15-14-8-10-16(11-9-14)19(17,18)12-13-6-4-3-5-7-13/h13-15H,2-12H2,1H3. The van der Waals surface area contributed by atoms with Gasteiger partial charge in [0, 0.05) is 19.1 Å². The molecule has 0 amide bonds. The van der Waals surface area contributed by atoms with Crippen LogP contribution in [0.2, 0.25) is 0 Å². The Hall–Kier alpha value is -0.130. The summed E-state index contributed by atoms with van der Waals surface area (Å²) < 4.78 is 26.6. The lowest BCUT2D eigenvalue weighted by Crippen LogP contribution is -2.46. The highest BCUT2D eigenvalue weighted by Crippen LogP contribution is 2.26. The summed E-state index contributed by atoms with van der Waals surface area (Å²) in [5, 5.41) is 3.42. The van der Waals surface area contributed by atoms with E-state index < -0.39 is 10.0 Å². The minimum Gasteiger partial charge on any atom is -0.314 e. The maximum atomic E-state index is 12.4. The van der Waals surface area contributed by atoms with Crippen molar-refractivity contribution in [3.8, 4) is 0 Å². The molecule has 0 atom stereocenters. The highest BCUT2D eigenvalue weighted by Gasteiger charge is 2.30. The number of sulfonamides is 1. The van der Waals surface area contributed by atoms with Crippen molar-refractivity contribution in [3.05, 3.63) is 0 Å². The van der Waals surface area contributed by atoms with E-state index in [2.05, 4.69) is 12.2 Å². The van der Waals surface area contributed by atoms with Crippen molar-refractivity contribution in [1.29, 1.82) is 0 Å². The third-order valence-electron chi connectivity index (χ3n) is 4.51. The second kappa shape index (κ2) is 7.04. The van der Waals surface area contributed by atoms with E-state index in [1.807, 2.05) is 0 Å². The van der Waals surface area contributed by atoms with Gasteiger partial charge in [0.25, 0.3) is 0 Å². The monoisotopic (exact) mass is 288 g/mol. The highest BCUT2D eigenvalue weighted by atomic mass is 32.2. The summed E-state index contributed by atoms with van der Waals surface area (Å²) in [7, 11) is -3.02. The molecule has 0 radical (unpaired) electrons. The fourth-order valence-corrected chi connectivity index (χ4v) is 5.29. The molecule has 2 aliphatic rings. The molecule has 5 heteroatoms. The van der Waals surface area contributed by atoms with Gasteiger partial charge in [-0.3, -0.25) is 0 Å². The molecule has 2 fully saturated rings. The van der Waals surface area contributed by atoms with Crippen LogP contribution in [0.3, 0.4) is 0 Å². The molecule has 2 rings (SSSR count). The van der Waals surface area contributed by atoms with Gasteiger partial charge >= 0.3 is 0 Å². The first-order valence-electron chi connectivity index (χ1n) is 7.83. The molecule has 112 valence electrons. The average Bonchev–Trinajstić information content (AvgIpc) is 2.40. The van der Waals surface area contributed by atoms with Crippen molar-refractivity contribution in [2.45, 2.75) is 57.9 Å². The Morgan fingerprint density at radius 2 is 1.68 bits per heavy atom. The molecule has 0 bridgehead atoms. The zero-order valence-electron chi connectivity index (χ0n) is 12.1. The van der Waals surface area contributed by atoms with Crippen molar-refractivity contribution in [2.24, 2.45) is 5.92 Å². The maximum Gasteiger partial charge on any atom is 0.214 e. The molecule has 1 aliphatic carbocycles. The predicted molar refractivity (Wildman–Crippen MR) is 78.6 cm³/mol. The highest BCUT2D eigenvalue weighted by molar-refractivity contribution is 7.89. The van der Waals surface area contributed by atoms with E-state index in [0.29, 0.717) is 30.8 Å². The third kappa shape index (κ3) is 4.43. The second-order valence-electron chi connectivity index (χ2n) is 6.01. The number of piperidine rings is 1. The summed E-state index contributed by atoms with van der Waals surface area (Å²) in [4.78, 5) is 0. The zero-order chi connectivity index (χ0) is 13.7. The molecule has 4 nitrogen and oxygen atoms in total. The van der Waals surface area contributed by atoms with Crippen LogP contribution in [-0.2, 0) is 10.0 Å². The molecule has 1 heterocycles. The SMILES string of the molecule is CCNC1CCN(S(=O)(=O)CC2CCCCC2)CC1. The van der Waals surface area contributed by atoms with Crippen LogP contribution in [0.5, 0.6) is 0 Å². The minimum atomic E-state index is -3.02. The normalized spacial score (nSPS) is 24.7. The number of nitrogens with zero attached hydrogens (tertiary/aromatic N) is 1. The van der Waals surface area contributed by atoms with Gasteiger partial charge in [-0.05, 0) is 38.1 Å². The molecular weight excluding hydrogens is 260 g/mol. The fourth-order valence-electron chi connectivity index (χ4n) is 3.38. The summed E-state index contributed by atoms with van der Waals surface area (Å²) in [5.74, 6) is 0.795. The summed E-state index contributed by atoms with van der Waals surface area (Å²) >= 11 is 0. The van der Waals surface area contributed by atoms with Crippen LogP contribution >= 0.6 is 0 Å². The first-order valence-corrected chi connectivity index (χ1v) is 9.44. The van der Waals surface area contributed by atoms with E-state index in [9.17, 15) is 8.42 Å². The van der Waals surface area contributed by atoms with Gasteiger partial charge < -0.3 is 5.32 Å². The number of hydrogen-bond acceptors (Lipinski definition) is 3. The van der Waals surface area contributed by atoms with Crippen LogP contribution in [0.4, 0.5) is 0 Å². The summed E-state index contributed by atoms with van der Waals surface area (Å²) in [5.41, 5.74) is 0. The molecular formula is C14H28N2O2S. The van der Waals surface area contributed by atoms with Crippen molar-refractivity contribution in [3.63, 3.8) is 0 Å². The molecule has 0 unspecified atom stereocenters. The van der Waals surface area contributed by atoms with Crippen LogP contribution in [-0.4, -0.2) is 44.2 Å². The van der Waals surface area contributed by atoms with Crippen molar-refractivity contribution in [1.82, 2.24) is 9.62 Å². The molecule has 1 N–H and O–H groups in total. The molecule has 0 aromatic carbocycles. The number of nitrogens with one attached hydrogen (secondary N) is 1. The lowest BCUT2D eigenvalue weighted by atomic mass is 9.91. The van der Waals surface area contributed by atoms with Crippen LogP contribution < -0.4 is 5.32 Å². The van der Waals surface area contributed by atoms with Gasteiger partial charge in [0.1, 0.15) is 0 Å². The maximum absolute atomic E-state index is 12.4. The van der Waals surface area contributed by atoms with Crippen LogP contribution in [0, 0.1) is 5.92 Å². The van der Waals surface area contributed by atoms with Crippen LogP contribution in [0.25, 0.3) is 0 Å². The van der Waals surface area contributed by atoms with Gasteiger partial charge in [0.05, 0.1) is 5.75 Å².